The Morgan fingerprint density at radius 2 is 2.00 bits per heavy atom. The molecule has 0 unspecified atom stereocenters. The van der Waals surface area contributed by atoms with E-state index in [0.29, 0.717) is 17.1 Å². The minimum Gasteiger partial charge on any atom is -0.481 e. The van der Waals surface area contributed by atoms with Crippen molar-refractivity contribution in [3.05, 3.63) is 76.5 Å². The summed E-state index contributed by atoms with van der Waals surface area (Å²) in [4.78, 5) is 16.0. The molecule has 116 valence electrons. The number of benzene rings is 1. The van der Waals surface area contributed by atoms with Gasteiger partial charge in [-0.05, 0) is 29.8 Å². The van der Waals surface area contributed by atoms with Gasteiger partial charge in [-0.3, -0.25) is 4.79 Å². The number of halogens is 1. The molecule has 0 radical (unpaired) electrons. The Balaban J connectivity index is 1.98. The first-order valence-corrected chi connectivity index (χ1v) is 6.99. The lowest BCUT2D eigenvalue weighted by atomic mass is 10.1. The molecule has 3 rings (SSSR count). The second-order valence-corrected chi connectivity index (χ2v) is 4.90. The van der Waals surface area contributed by atoms with Gasteiger partial charge in [0.25, 0.3) is 5.56 Å². The van der Waals surface area contributed by atoms with Crippen molar-refractivity contribution in [2.24, 2.45) is 0 Å². The molecule has 3 aromatic rings. The van der Waals surface area contributed by atoms with E-state index in [1.807, 2.05) is 0 Å². The second kappa shape index (κ2) is 6.39. The number of hydrogen-bond donors (Lipinski definition) is 0. The van der Waals surface area contributed by atoms with Crippen LogP contribution in [0.4, 0.5) is 4.39 Å². The molecule has 0 aliphatic rings. The largest absolute Gasteiger partial charge is 0.481 e. The van der Waals surface area contributed by atoms with E-state index in [2.05, 4.69) is 10.1 Å². The molecule has 0 aliphatic heterocycles. The molecule has 2 aromatic heterocycles. The third kappa shape index (κ3) is 3.26. The summed E-state index contributed by atoms with van der Waals surface area (Å²) < 4.78 is 20.2. The molecule has 0 saturated carbocycles. The monoisotopic (exact) mass is 311 g/mol. The molecule has 1 aromatic carbocycles. The van der Waals surface area contributed by atoms with Crippen molar-refractivity contribution in [3.8, 4) is 17.1 Å². The molecular weight excluding hydrogens is 297 g/mol. The van der Waals surface area contributed by atoms with E-state index in [4.69, 9.17) is 4.74 Å². The van der Waals surface area contributed by atoms with Crippen LogP contribution in [0.1, 0.15) is 5.56 Å². The topological polar surface area (TPSA) is 57.0 Å². The average Bonchev–Trinajstić information content (AvgIpc) is 2.58. The van der Waals surface area contributed by atoms with E-state index in [9.17, 15) is 9.18 Å². The predicted octanol–water partition coefficient (Wildman–Crippen LogP) is 2.50. The Labute approximate surface area is 132 Å². The van der Waals surface area contributed by atoms with Gasteiger partial charge < -0.3 is 4.74 Å². The molecule has 5 nitrogen and oxygen atoms in total. The van der Waals surface area contributed by atoms with Gasteiger partial charge in [0, 0.05) is 23.9 Å². The molecule has 0 amide bonds. The van der Waals surface area contributed by atoms with E-state index in [1.54, 1.807) is 36.5 Å². The van der Waals surface area contributed by atoms with Crippen LogP contribution in [0.25, 0.3) is 11.3 Å². The Kier molecular flexibility index (Phi) is 4.14. The second-order valence-electron chi connectivity index (χ2n) is 4.90. The fraction of sp³-hybridized carbons (Fsp3) is 0.118. The van der Waals surface area contributed by atoms with Crippen LogP contribution in [-0.2, 0) is 6.54 Å². The first-order valence-electron chi connectivity index (χ1n) is 6.99. The number of ether oxygens (including phenoxy) is 1. The standard InChI is InChI=1S/C17H14FN3O2/c1-23-16-10-12(8-9-19-16)11-21-17(22)7-6-15(20-21)13-4-2-3-5-14(13)18/h2-10H,11H2,1H3. The molecule has 0 aliphatic carbocycles. The van der Waals surface area contributed by atoms with Gasteiger partial charge in [0.2, 0.25) is 5.88 Å². The number of aromatic nitrogens is 3. The first kappa shape index (κ1) is 14.9. The number of pyridine rings is 1. The quantitative estimate of drug-likeness (QED) is 0.743. The number of nitrogens with zero attached hydrogens (tertiary/aromatic N) is 3. The summed E-state index contributed by atoms with van der Waals surface area (Å²) in [5, 5.41) is 4.26. The van der Waals surface area contributed by atoms with Crippen LogP contribution in [0.5, 0.6) is 5.88 Å². The predicted molar refractivity (Wildman–Crippen MR) is 83.8 cm³/mol. The van der Waals surface area contributed by atoms with Crippen molar-refractivity contribution in [2.45, 2.75) is 6.54 Å². The molecule has 0 fully saturated rings. The Hall–Kier alpha value is -3.02. The lowest BCUT2D eigenvalue weighted by molar-refractivity contribution is 0.397. The van der Waals surface area contributed by atoms with Crippen molar-refractivity contribution in [3.63, 3.8) is 0 Å². The van der Waals surface area contributed by atoms with Gasteiger partial charge in [-0.2, -0.15) is 5.10 Å². The molecule has 0 N–H and O–H groups in total. The van der Waals surface area contributed by atoms with Gasteiger partial charge in [0.1, 0.15) is 5.82 Å². The maximum atomic E-state index is 13.9. The van der Waals surface area contributed by atoms with Gasteiger partial charge in [-0.15, -0.1) is 0 Å². The van der Waals surface area contributed by atoms with Crippen LogP contribution in [-0.4, -0.2) is 21.9 Å². The van der Waals surface area contributed by atoms with E-state index in [-0.39, 0.29) is 17.9 Å². The van der Waals surface area contributed by atoms with Crippen molar-refractivity contribution in [1.29, 1.82) is 0 Å². The molecule has 0 bridgehead atoms. The van der Waals surface area contributed by atoms with Gasteiger partial charge in [0.15, 0.2) is 0 Å². The zero-order chi connectivity index (χ0) is 16.2. The van der Waals surface area contributed by atoms with E-state index < -0.39 is 0 Å². The summed E-state index contributed by atoms with van der Waals surface area (Å²) in [5.74, 6) is 0.0802. The highest BCUT2D eigenvalue weighted by molar-refractivity contribution is 5.58. The zero-order valence-electron chi connectivity index (χ0n) is 12.4. The summed E-state index contributed by atoms with van der Waals surface area (Å²) in [6.45, 7) is 0.250. The van der Waals surface area contributed by atoms with Crippen molar-refractivity contribution in [2.75, 3.05) is 7.11 Å². The number of rotatable bonds is 4. The molecule has 0 atom stereocenters. The molecule has 0 spiro atoms. The summed E-state index contributed by atoms with van der Waals surface area (Å²) in [5.41, 5.74) is 1.32. The highest BCUT2D eigenvalue weighted by atomic mass is 19.1. The third-order valence-corrected chi connectivity index (χ3v) is 3.36. The molecule has 6 heteroatoms. The summed E-state index contributed by atoms with van der Waals surface area (Å²) >= 11 is 0. The Morgan fingerprint density at radius 3 is 2.78 bits per heavy atom. The third-order valence-electron chi connectivity index (χ3n) is 3.36. The fourth-order valence-electron chi connectivity index (χ4n) is 2.21. The molecule has 23 heavy (non-hydrogen) atoms. The number of hydrogen-bond acceptors (Lipinski definition) is 4. The maximum Gasteiger partial charge on any atom is 0.267 e. The van der Waals surface area contributed by atoms with Gasteiger partial charge in [0.05, 0.1) is 19.3 Å². The summed E-state index contributed by atoms with van der Waals surface area (Å²) in [7, 11) is 1.52. The van der Waals surface area contributed by atoms with Crippen molar-refractivity contribution < 1.29 is 9.13 Å². The summed E-state index contributed by atoms with van der Waals surface area (Å²) in [6, 6.07) is 12.7. The SMILES string of the molecule is COc1cc(Cn2nc(-c3ccccc3F)ccc2=O)ccn1. The van der Waals surface area contributed by atoms with E-state index >= 15 is 0 Å². The van der Waals surface area contributed by atoms with Gasteiger partial charge >= 0.3 is 0 Å². The van der Waals surface area contributed by atoms with Crippen LogP contribution in [0.2, 0.25) is 0 Å². The Morgan fingerprint density at radius 1 is 1.17 bits per heavy atom. The zero-order valence-corrected chi connectivity index (χ0v) is 12.4. The maximum absolute atomic E-state index is 13.9. The normalized spacial score (nSPS) is 10.5. The summed E-state index contributed by atoms with van der Waals surface area (Å²) in [6.07, 6.45) is 1.60. The molecular formula is C17H14FN3O2. The Bertz CT molecular complexity index is 893. The smallest absolute Gasteiger partial charge is 0.267 e. The van der Waals surface area contributed by atoms with E-state index in [1.165, 1.54) is 30.0 Å². The van der Waals surface area contributed by atoms with Crippen LogP contribution in [0.3, 0.4) is 0 Å². The minimum absolute atomic E-state index is 0.250. The lowest BCUT2D eigenvalue weighted by Crippen LogP contribution is -2.23. The highest BCUT2D eigenvalue weighted by Gasteiger charge is 2.08. The molecule has 2 heterocycles. The molecule has 0 saturated heterocycles. The van der Waals surface area contributed by atoms with Gasteiger partial charge in [-0.25, -0.2) is 14.1 Å². The highest BCUT2D eigenvalue weighted by Crippen LogP contribution is 2.19. The fourth-order valence-corrected chi connectivity index (χ4v) is 2.21. The van der Waals surface area contributed by atoms with Crippen LogP contribution < -0.4 is 10.3 Å². The van der Waals surface area contributed by atoms with Gasteiger partial charge in [-0.1, -0.05) is 12.1 Å². The first-order chi connectivity index (χ1) is 11.2. The van der Waals surface area contributed by atoms with Crippen molar-refractivity contribution >= 4 is 0 Å². The van der Waals surface area contributed by atoms with E-state index in [0.717, 1.165) is 5.56 Å². The minimum atomic E-state index is -0.379. The lowest BCUT2D eigenvalue weighted by Gasteiger charge is -2.08. The van der Waals surface area contributed by atoms with Crippen LogP contribution in [0.15, 0.2) is 59.5 Å². The van der Waals surface area contributed by atoms with Crippen LogP contribution in [0, 0.1) is 5.82 Å². The number of methoxy groups -OCH3 is 1. The average molecular weight is 311 g/mol. The van der Waals surface area contributed by atoms with Crippen LogP contribution >= 0.6 is 0 Å². The van der Waals surface area contributed by atoms with Crippen molar-refractivity contribution in [1.82, 2.24) is 14.8 Å².